The number of carbonyl (C=O) groups excluding carboxylic acids is 1. The van der Waals surface area contributed by atoms with Crippen molar-refractivity contribution in [2.45, 2.75) is 57.0 Å². The number of urea groups is 1. The van der Waals surface area contributed by atoms with E-state index in [9.17, 15) is 14.7 Å². The van der Waals surface area contributed by atoms with Crippen LogP contribution in [0.3, 0.4) is 0 Å². The van der Waals surface area contributed by atoms with E-state index in [1.165, 1.54) is 12.8 Å². The molecule has 0 bridgehead atoms. The number of carbonyl (C=O) groups is 2. The van der Waals surface area contributed by atoms with Gasteiger partial charge < -0.3 is 20.6 Å². The average molecular weight is 297 g/mol. The van der Waals surface area contributed by atoms with Gasteiger partial charge in [-0.25, -0.2) is 9.59 Å². The molecule has 6 heteroatoms. The third-order valence-corrected chi connectivity index (χ3v) is 4.68. The summed E-state index contributed by atoms with van der Waals surface area (Å²) in [5, 5.41) is 15.0. The Bertz CT molecular complexity index is 398. The number of likely N-dealkylation sites (N-methyl/N-ethyl adjacent to an activating group) is 1. The predicted molar refractivity (Wildman–Crippen MR) is 80.2 cm³/mol. The van der Waals surface area contributed by atoms with Crippen LogP contribution in [0.25, 0.3) is 0 Å². The minimum Gasteiger partial charge on any atom is -0.480 e. The summed E-state index contributed by atoms with van der Waals surface area (Å²) in [6.07, 6.45) is 5.38. The summed E-state index contributed by atoms with van der Waals surface area (Å²) >= 11 is 0. The summed E-state index contributed by atoms with van der Waals surface area (Å²) in [4.78, 5) is 25.8. The van der Waals surface area contributed by atoms with Gasteiger partial charge in [0.2, 0.25) is 0 Å². The lowest BCUT2D eigenvalue weighted by molar-refractivity contribution is -0.146. The van der Waals surface area contributed by atoms with Gasteiger partial charge in [-0.15, -0.1) is 0 Å². The normalized spacial score (nSPS) is 29.2. The van der Waals surface area contributed by atoms with Crippen LogP contribution < -0.4 is 10.6 Å². The number of aliphatic carboxylic acids is 1. The second kappa shape index (κ2) is 6.64. The lowest BCUT2D eigenvalue weighted by Crippen LogP contribution is -2.59. The molecule has 0 saturated heterocycles. The standard InChI is InChI=1S/C15H27N3O3/c1-11-4-3-7-15(10-11,13(19)20)17-14(21)16-8-9-18(2)12-5-6-12/h11-12H,3-10H2,1-2H3,(H,19,20)(H2,16,17,21). The number of hydrogen-bond acceptors (Lipinski definition) is 3. The average Bonchev–Trinajstić information content (AvgIpc) is 3.22. The smallest absolute Gasteiger partial charge is 0.329 e. The molecule has 2 aliphatic rings. The van der Waals surface area contributed by atoms with Gasteiger partial charge in [-0.1, -0.05) is 19.8 Å². The third kappa shape index (κ3) is 4.33. The Kier molecular flexibility index (Phi) is 5.08. The number of carboxylic acids is 1. The van der Waals surface area contributed by atoms with Gasteiger partial charge in [0.25, 0.3) is 0 Å². The molecular formula is C15H27N3O3. The van der Waals surface area contributed by atoms with Crippen molar-refractivity contribution in [1.29, 1.82) is 0 Å². The van der Waals surface area contributed by atoms with Crippen molar-refractivity contribution in [2.75, 3.05) is 20.1 Å². The van der Waals surface area contributed by atoms with Crippen molar-refractivity contribution in [3.8, 4) is 0 Å². The van der Waals surface area contributed by atoms with Crippen molar-refractivity contribution in [3.63, 3.8) is 0 Å². The number of rotatable bonds is 6. The molecule has 120 valence electrons. The van der Waals surface area contributed by atoms with E-state index < -0.39 is 11.5 Å². The highest BCUT2D eigenvalue weighted by molar-refractivity contribution is 5.86. The van der Waals surface area contributed by atoms with E-state index in [1.807, 2.05) is 6.92 Å². The van der Waals surface area contributed by atoms with E-state index in [4.69, 9.17) is 0 Å². The van der Waals surface area contributed by atoms with Crippen LogP contribution in [0.4, 0.5) is 4.79 Å². The molecule has 0 spiro atoms. The Labute approximate surface area is 126 Å². The molecule has 0 radical (unpaired) electrons. The maximum atomic E-state index is 12.0. The molecule has 3 N–H and O–H groups in total. The van der Waals surface area contributed by atoms with Gasteiger partial charge in [0.1, 0.15) is 5.54 Å². The molecule has 2 aliphatic carbocycles. The Morgan fingerprint density at radius 1 is 1.33 bits per heavy atom. The molecule has 2 saturated carbocycles. The van der Waals surface area contributed by atoms with E-state index in [-0.39, 0.29) is 6.03 Å². The quantitative estimate of drug-likeness (QED) is 0.692. The molecule has 6 nitrogen and oxygen atoms in total. The van der Waals surface area contributed by atoms with Crippen LogP contribution in [-0.4, -0.2) is 53.7 Å². The molecule has 0 aromatic rings. The topological polar surface area (TPSA) is 81.7 Å². The van der Waals surface area contributed by atoms with Crippen LogP contribution in [-0.2, 0) is 4.79 Å². The van der Waals surface area contributed by atoms with Gasteiger partial charge in [0.15, 0.2) is 0 Å². The highest BCUT2D eigenvalue weighted by atomic mass is 16.4. The third-order valence-electron chi connectivity index (χ3n) is 4.68. The molecule has 2 atom stereocenters. The number of amides is 2. The first-order chi connectivity index (χ1) is 9.93. The molecule has 2 unspecified atom stereocenters. The monoisotopic (exact) mass is 297 g/mol. The molecule has 21 heavy (non-hydrogen) atoms. The highest BCUT2D eigenvalue weighted by Crippen LogP contribution is 2.32. The molecule has 2 amide bonds. The van der Waals surface area contributed by atoms with E-state index in [1.54, 1.807) is 0 Å². The van der Waals surface area contributed by atoms with Gasteiger partial charge in [-0.3, -0.25) is 0 Å². The lowest BCUT2D eigenvalue weighted by atomic mass is 9.76. The van der Waals surface area contributed by atoms with Crippen molar-refractivity contribution >= 4 is 12.0 Å². The van der Waals surface area contributed by atoms with Crippen molar-refractivity contribution in [1.82, 2.24) is 15.5 Å². The van der Waals surface area contributed by atoms with Crippen LogP contribution in [0.1, 0.15) is 45.4 Å². The molecular weight excluding hydrogens is 270 g/mol. The summed E-state index contributed by atoms with van der Waals surface area (Å²) in [7, 11) is 2.05. The van der Waals surface area contributed by atoms with E-state index >= 15 is 0 Å². The first-order valence-electron chi connectivity index (χ1n) is 7.92. The van der Waals surface area contributed by atoms with Crippen LogP contribution >= 0.6 is 0 Å². The van der Waals surface area contributed by atoms with Gasteiger partial charge >= 0.3 is 12.0 Å². The van der Waals surface area contributed by atoms with Crippen LogP contribution in [0.5, 0.6) is 0 Å². The summed E-state index contributed by atoms with van der Waals surface area (Å²) in [6.45, 7) is 3.39. The van der Waals surface area contributed by atoms with Gasteiger partial charge in [0, 0.05) is 19.1 Å². The number of nitrogens with zero attached hydrogens (tertiary/aromatic N) is 1. The zero-order chi connectivity index (χ0) is 15.5. The molecule has 0 aromatic heterocycles. The van der Waals surface area contributed by atoms with Gasteiger partial charge in [-0.2, -0.15) is 0 Å². The van der Waals surface area contributed by atoms with Crippen molar-refractivity contribution in [2.24, 2.45) is 5.92 Å². The maximum absolute atomic E-state index is 12.0. The van der Waals surface area contributed by atoms with Crippen LogP contribution in [0.15, 0.2) is 0 Å². The maximum Gasteiger partial charge on any atom is 0.329 e. The lowest BCUT2D eigenvalue weighted by Gasteiger charge is -2.37. The van der Waals surface area contributed by atoms with Crippen LogP contribution in [0, 0.1) is 5.92 Å². The highest BCUT2D eigenvalue weighted by Gasteiger charge is 2.43. The first-order valence-corrected chi connectivity index (χ1v) is 7.92. The van der Waals surface area contributed by atoms with E-state index in [2.05, 4.69) is 22.6 Å². The zero-order valence-corrected chi connectivity index (χ0v) is 13.0. The molecule has 2 fully saturated rings. The fourth-order valence-electron chi connectivity index (χ4n) is 3.22. The molecule has 0 aromatic carbocycles. The van der Waals surface area contributed by atoms with Gasteiger partial charge in [-0.05, 0) is 38.6 Å². The Morgan fingerprint density at radius 3 is 2.62 bits per heavy atom. The summed E-state index contributed by atoms with van der Waals surface area (Å²) in [5.41, 5.74) is -1.09. The fraction of sp³-hybridized carbons (Fsp3) is 0.867. The molecule has 2 rings (SSSR count). The largest absolute Gasteiger partial charge is 0.480 e. The molecule has 0 aliphatic heterocycles. The number of hydrogen-bond donors (Lipinski definition) is 3. The summed E-state index contributed by atoms with van der Waals surface area (Å²) < 4.78 is 0. The fourth-order valence-corrected chi connectivity index (χ4v) is 3.22. The summed E-state index contributed by atoms with van der Waals surface area (Å²) in [6, 6.07) is 0.301. The predicted octanol–water partition coefficient (Wildman–Crippen LogP) is 1.41. The van der Waals surface area contributed by atoms with Crippen molar-refractivity contribution in [3.05, 3.63) is 0 Å². The zero-order valence-electron chi connectivity index (χ0n) is 13.0. The van der Waals surface area contributed by atoms with Gasteiger partial charge in [0.05, 0.1) is 0 Å². The second-order valence-corrected chi connectivity index (χ2v) is 6.68. The van der Waals surface area contributed by atoms with Crippen LogP contribution in [0.2, 0.25) is 0 Å². The van der Waals surface area contributed by atoms with Crippen molar-refractivity contribution < 1.29 is 14.7 Å². The second-order valence-electron chi connectivity index (χ2n) is 6.68. The minimum absolute atomic E-state index is 0.330. The Morgan fingerprint density at radius 2 is 2.05 bits per heavy atom. The first kappa shape index (κ1) is 16.1. The Hall–Kier alpha value is -1.30. The number of nitrogens with one attached hydrogen (secondary N) is 2. The SMILES string of the molecule is CC1CCCC(NC(=O)NCCN(C)C2CC2)(C(=O)O)C1. The Balaban J connectivity index is 1.79. The molecule has 0 heterocycles. The number of carboxylic acid groups (broad SMARTS) is 1. The van der Waals surface area contributed by atoms with E-state index in [0.29, 0.717) is 31.3 Å². The summed E-state index contributed by atoms with van der Waals surface area (Å²) in [5.74, 6) is -0.588. The minimum atomic E-state index is -1.09. The van der Waals surface area contributed by atoms with E-state index in [0.717, 1.165) is 19.4 Å².